The number of hydrogen-bond acceptors (Lipinski definition) is 4. The van der Waals surface area contributed by atoms with Crippen LogP contribution in [0.5, 0.6) is 0 Å². The summed E-state index contributed by atoms with van der Waals surface area (Å²) in [6.07, 6.45) is 0. The van der Waals surface area contributed by atoms with E-state index in [4.69, 9.17) is 4.43 Å². The monoisotopic (exact) mass is 243 g/mol. The first-order chi connectivity index (χ1) is 6.74. The molecule has 1 heterocycles. The van der Waals surface area contributed by atoms with Crippen LogP contribution in [0.4, 0.5) is 0 Å². The van der Waals surface area contributed by atoms with Crippen LogP contribution in [-0.2, 0) is 4.43 Å². The second kappa shape index (κ2) is 4.06. The maximum atomic E-state index is 11.7. The van der Waals surface area contributed by atoms with Crippen LogP contribution in [0.25, 0.3) is 0 Å². The molecule has 1 aromatic heterocycles. The van der Waals surface area contributed by atoms with Crippen molar-refractivity contribution in [3.05, 3.63) is 16.6 Å². The van der Waals surface area contributed by atoms with Gasteiger partial charge in [-0.2, -0.15) is 0 Å². The lowest BCUT2D eigenvalue weighted by atomic mass is 10.2. The fourth-order valence-electron chi connectivity index (χ4n) is 0.750. The van der Waals surface area contributed by atoms with Crippen LogP contribution < -0.4 is 0 Å². The summed E-state index contributed by atoms with van der Waals surface area (Å²) in [4.78, 5) is 15.7. The quantitative estimate of drug-likeness (QED) is 0.748. The molecule has 0 N–H and O–H groups in total. The van der Waals surface area contributed by atoms with Gasteiger partial charge in [-0.1, -0.05) is 20.8 Å². The highest BCUT2D eigenvalue weighted by molar-refractivity contribution is 7.07. The van der Waals surface area contributed by atoms with Crippen LogP contribution in [-0.4, -0.2) is 19.3 Å². The minimum Gasteiger partial charge on any atom is -0.514 e. The third-order valence-corrected chi connectivity index (χ3v) is 7.69. The van der Waals surface area contributed by atoms with Gasteiger partial charge in [0.05, 0.1) is 5.51 Å². The third kappa shape index (κ3) is 2.88. The van der Waals surface area contributed by atoms with Crippen molar-refractivity contribution >= 4 is 25.6 Å². The van der Waals surface area contributed by atoms with E-state index in [1.165, 1.54) is 11.3 Å². The number of nitrogens with zero attached hydrogens (tertiary/aromatic N) is 1. The van der Waals surface area contributed by atoms with Crippen molar-refractivity contribution in [3.63, 3.8) is 0 Å². The van der Waals surface area contributed by atoms with Crippen molar-refractivity contribution in [1.82, 2.24) is 4.98 Å². The molecule has 0 aliphatic heterocycles. The minimum atomic E-state index is -2.01. The molecule has 3 nitrogen and oxygen atoms in total. The Labute approximate surface area is 95.6 Å². The Morgan fingerprint density at radius 1 is 1.47 bits per heavy atom. The van der Waals surface area contributed by atoms with Gasteiger partial charge in [-0.3, -0.25) is 0 Å². The number of carbonyl (C=O) groups excluding carboxylic acids is 1. The molecule has 0 amide bonds. The van der Waals surface area contributed by atoms with E-state index in [-0.39, 0.29) is 11.0 Å². The third-order valence-electron chi connectivity index (χ3n) is 2.80. The molecular weight excluding hydrogens is 226 g/mol. The molecule has 0 saturated heterocycles. The van der Waals surface area contributed by atoms with Crippen LogP contribution in [0.1, 0.15) is 31.3 Å². The van der Waals surface area contributed by atoms with Gasteiger partial charge < -0.3 is 4.43 Å². The van der Waals surface area contributed by atoms with E-state index in [0.717, 1.165) is 0 Å². The van der Waals surface area contributed by atoms with Crippen molar-refractivity contribution < 1.29 is 9.22 Å². The fourth-order valence-corrected chi connectivity index (χ4v) is 2.15. The van der Waals surface area contributed by atoms with Crippen molar-refractivity contribution in [3.8, 4) is 0 Å². The molecule has 0 radical (unpaired) electrons. The first-order valence-corrected chi connectivity index (χ1v) is 8.71. The smallest absolute Gasteiger partial charge is 0.344 e. The molecule has 0 bridgehead atoms. The van der Waals surface area contributed by atoms with E-state index in [2.05, 4.69) is 38.8 Å². The van der Waals surface area contributed by atoms with Crippen LogP contribution in [0.3, 0.4) is 0 Å². The summed E-state index contributed by atoms with van der Waals surface area (Å²) >= 11 is 1.40. The van der Waals surface area contributed by atoms with Crippen molar-refractivity contribution in [2.24, 2.45) is 0 Å². The van der Waals surface area contributed by atoms with Gasteiger partial charge >= 0.3 is 5.97 Å². The summed E-state index contributed by atoms with van der Waals surface area (Å²) < 4.78 is 5.59. The van der Waals surface area contributed by atoms with Gasteiger partial charge in [-0.15, -0.1) is 11.3 Å². The summed E-state index contributed by atoms with van der Waals surface area (Å²) in [5, 5.41) is 1.76. The standard InChI is InChI=1S/C10H17NO2SSi/c1-10(2,3)15(4,5)13-9(12)8-6-14-7-11-8/h6-7H,1-5H3. The van der Waals surface area contributed by atoms with Crippen LogP contribution in [0.2, 0.25) is 18.1 Å². The molecule has 5 heteroatoms. The number of thiazole rings is 1. The van der Waals surface area contributed by atoms with Gasteiger partial charge in [0.25, 0.3) is 8.32 Å². The average molecular weight is 243 g/mol. The molecule has 0 fully saturated rings. The van der Waals surface area contributed by atoms with E-state index in [9.17, 15) is 4.79 Å². The molecule has 15 heavy (non-hydrogen) atoms. The Morgan fingerprint density at radius 2 is 2.07 bits per heavy atom. The summed E-state index contributed by atoms with van der Waals surface area (Å²) in [5.41, 5.74) is 2.06. The Morgan fingerprint density at radius 3 is 2.47 bits per heavy atom. The molecule has 0 saturated carbocycles. The van der Waals surface area contributed by atoms with Crippen molar-refractivity contribution in [2.45, 2.75) is 38.9 Å². The fraction of sp³-hybridized carbons (Fsp3) is 0.600. The second-order valence-corrected chi connectivity index (χ2v) is 10.5. The van der Waals surface area contributed by atoms with Gasteiger partial charge in [0.15, 0.2) is 5.69 Å². The predicted molar refractivity (Wildman–Crippen MR) is 64.7 cm³/mol. The zero-order valence-electron chi connectivity index (χ0n) is 9.83. The van der Waals surface area contributed by atoms with Gasteiger partial charge in [0.1, 0.15) is 0 Å². The predicted octanol–water partition coefficient (Wildman–Crippen LogP) is 3.31. The SMILES string of the molecule is CC(C)(C)[Si](C)(C)OC(=O)c1cscn1. The molecule has 84 valence electrons. The highest BCUT2D eigenvalue weighted by Crippen LogP contribution is 2.36. The van der Waals surface area contributed by atoms with E-state index in [1.54, 1.807) is 10.9 Å². The van der Waals surface area contributed by atoms with Gasteiger partial charge in [0.2, 0.25) is 0 Å². The van der Waals surface area contributed by atoms with Crippen molar-refractivity contribution in [2.75, 3.05) is 0 Å². The summed E-state index contributed by atoms with van der Waals surface area (Å²) in [6.45, 7) is 10.4. The Kier molecular flexibility index (Phi) is 3.35. The molecule has 1 aromatic rings. The minimum absolute atomic E-state index is 0.0404. The summed E-state index contributed by atoms with van der Waals surface area (Å²) in [7, 11) is -2.01. The Hall–Kier alpha value is -0.683. The van der Waals surface area contributed by atoms with Crippen LogP contribution in [0.15, 0.2) is 10.9 Å². The second-order valence-electron chi connectivity index (χ2n) is 5.02. The number of hydrogen-bond donors (Lipinski definition) is 0. The van der Waals surface area contributed by atoms with Crippen molar-refractivity contribution in [1.29, 1.82) is 0 Å². The maximum absolute atomic E-state index is 11.7. The lowest BCUT2D eigenvalue weighted by Gasteiger charge is -2.35. The summed E-state index contributed by atoms with van der Waals surface area (Å²) in [5.74, 6) is -0.289. The van der Waals surface area contributed by atoms with Crippen LogP contribution >= 0.6 is 11.3 Å². The zero-order valence-corrected chi connectivity index (χ0v) is 11.6. The molecule has 1 rings (SSSR count). The van der Waals surface area contributed by atoms with E-state index in [0.29, 0.717) is 5.69 Å². The number of carbonyl (C=O) groups is 1. The molecule has 0 aliphatic carbocycles. The van der Waals surface area contributed by atoms with Crippen LogP contribution in [0, 0.1) is 0 Å². The maximum Gasteiger partial charge on any atom is 0.344 e. The largest absolute Gasteiger partial charge is 0.514 e. The number of rotatable bonds is 2. The molecular formula is C10H17NO2SSi. The average Bonchev–Trinajstić information content (AvgIpc) is 2.51. The van der Waals surface area contributed by atoms with E-state index < -0.39 is 8.32 Å². The number of aromatic nitrogens is 1. The Balaban J connectivity index is 2.75. The van der Waals surface area contributed by atoms with Gasteiger partial charge in [0, 0.05) is 5.38 Å². The zero-order chi connectivity index (χ0) is 11.7. The highest BCUT2D eigenvalue weighted by Gasteiger charge is 2.40. The first-order valence-electron chi connectivity index (χ1n) is 4.85. The Bertz CT molecular complexity index is 341. The first kappa shape index (κ1) is 12.4. The van der Waals surface area contributed by atoms with Gasteiger partial charge in [-0.25, -0.2) is 9.78 Å². The lowest BCUT2D eigenvalue weighted by Crippen LogP contribution is -2.42. The van der Waals surface area contributed by atoms with E-state index >= 15 is 0 Å². The lowest BCUT2D eigenvalue weighted by molar-refractivity contribution is 0.0707. The molecule has 0 aliphatic rings. The molecule has 0 unspecified atom stereocenters. The topological polar surface area (TPSA) is 39.2 Å². The molecule has 0 atom stereocenters. The van der Waals surface area contributed by atoms with Gasteiger partial charge in [-0.05, 0) is 18.1 Å². The highest BCUT2D eigenvalue weighted by atomic mass is 32.1. The van der Waals surface area contributed by atoms with E-state index in [1.807, 2.05) is 0 Å². The molecule has 0 aromatic carbocycles. The summed E-state index contributed by atoms with van der Waals surface area (Å²) in [6, 6.07) is 0. The molecule has 0 spiro atoms. The normalized spacial score (nSPS) is 12.6.